The van der Waals surface area contributed by atoms with Crippen LogP contribution in [0.4, 0.5) is 5.13 Å². The van der Waals surface area contributed by atoms with Gasteiger partial charge in [0.05, 0.1) is 24.8 Å². The highest BCUT2D eigenvalue weighted by molar-refractivity contribution is 7.18. The average Bonchev–Trinajstić information content (AvgIpc) is 3.16. The summed E-state index contributed by atoms with van der Waals surface area (Å²) < 4.78 is 10.6. The Balaban J connectivity index is 1.81. The molecule has 0 atom stereocenters. The molecule has 1 N–H and O–H groups in total. The number of ketones is 1. The van der Waals surface area contributed by atoms with Gasteiger partial charge in [0, 0.05) is 24.1 Å². The molecule has 1 aromatic heterocycles. The maximum atomic E-state index is 12.4. The number of hydrogen-bond donors (Lipinski definition) is 1. The van der Waals surface area contributed by atoms with Crippen LogP contribution in [0.3, 0.4) is 0 Å². The lowest BCUT2D eigenvalue weighted by Crippen LogP contribution is -2.07. The lowest BCUT2D eigenvalue weighted by atomic mass is 10.1. The number of benzene rings is 2. The zero-order chi connectivity index (χ0) is 20.8. The number of anilines is 1. The van der Waals surface area contributed by atoms with Gasteiger partial charge in [-0.15, -0.1) is 0 Å². The number of nitrogens with one attached hydrogen (secondary N) is 1. The average molecular weight is 408 g/mol. The number of nitrogens with zero attached hydrogens (tertiary/aromatic N) is 1. The summed E-state index contributed by atoms with van der Waals surface area (Å²) in [6.45, 7) is 1.49. The van der Waals surface area contributed by atoms with Crippen molar-refractivity contribution < 1.29 is 19.1 Å². The van der Waals surface area contributed by atoms with E-state index in [0.717, 1.165) is 16.9 Å². The third-order valence-corrected chi connectivity index (χ3v) is 5.14. The number of para-hydroxylation sites is 1. The van der Waals surface area contributed by atoms with Crippen molar-refractivity contribution in [2.45, 2.75) is 6.92 Å². The second kappa shape index (κ2) is 9.16. The number of methoxy groups -OCH3 is 2. The van der Waals surface area contributed by atoms with Gasteiger partial charge in [-0.1, -0.05) is 53.8 Å². The summed E-state index contributed by atoms with van der Waals surface area (Å²) in [4.78, 5) is 29.3. The van der Waals surface area contributed by atoms with Gasteiger partial charge in [-0.3, -0.25) is 14.9 Å². The quantitative estimate of drug-likeness (QED) is 0.454. The number of amides is 1. The van der Waals surface area contributed by atoms with Gasteiger partial charge in [0.2, 0.25) is 5.91 Å². The van der Waals surface area contributed by atoms with E-state index >= 15 is 0 Å². The molecule has 3 rings (SSSR count). The van der Waals surface area contributed by atoms with E-state index in [1.165, 1.54) is 13.0 Å². The second-order valence-corrected chi connectivity index (χ2v) is 7.02. The standard InChI is InChI=1S/C22H20N2O4S/c1-14(25)21-19(15-8-5-4-6-9-15)24-22(29-21)23-18(26)13-12-16-10-7-11-17(27-2)20(16)28-3/h4-13H,1-3H3,(H,23,24,26)/b13-12+. The van der Waals surface area contributed by atoms with Crippen molar-refractivity contribution in [2.75, 3.05) is 19.5 Å². The molecule has 0 radical (unpaired) electrons. The normalized spacial score (nSPS) is 10.7. The number of rotatable bonds is 7. The molecule has 0 unspecified atom stereocenters. The van der Waals surface area contributed by atoms with Crippen LogP contribution in [-0.4, -0.2) is 30.9 Å². The van der Waals surface area contributed by atoms with Crippen molar-refractivity contribution in [1.82, 2.24) is 4.98 Å². The molecule has 1 amide bonds. The van der Waals surface area contributed by atoms with Gasteiger partial charge in [-0.2, -0.15) is 0 Å². The summed E-state index contributed by atoms with van der Waals surface area (Å²) in [5, 5.41) is 3.08. The Hall–Kier alpha value is -3.45. The fourth-order valence-corrected chi connectivity index (χ4v) is 3.65. The van der Waals surface area contributed by atoms with Crippen LogP contribution >= 0.6 is 11.3 Å². The molecule has 0 aliphatic carbocycles. The molecule has 0 fully saturated rings. The molecule has 6 nitrogen and oxygen atoms in total. The van der Waals surface area contributed by atoms with Crippen LogP contribution in [0.5, 0.6) is 11.5 Å². The van der Waals surface area contributed by atoms with Crippen LogP contribution < -0.4 is 14.8 Å². The molecule has 1 heterocycles. The van der Waals surface area contributed by atoms with E-state index in [0.29, 0.717) is 32.8 Å². The maximum Gasteiger partial charge on any atom is 0.250 e. The largest absolute Gasteiger partial charge is 0.493 e. The molecular weight excluding hydrogens is 388 g/mol. The predicted octanol–water partition coefficient (Wildman–Crippen LogP) is 4.68. The summed E-state index contributed by atoms with van der Waals surface area (Å²) in [7, 11) is 3.09. The van der Waals surface area contributed by atoms with Crippen molar-refractivity contribution in [3.63, 3.8) is 0 Å². The molecule has 0 saturated heterocycles. The first-order chi connectivity index (χ1) is 14.0. The van der Waals surface area contributed by atoms with Crippen molar-refractivity contribution in [1.29, 1.82) is 0 Å². The minimum absolute atomic E-state index is 0.0986. The number of aromatic nitrogens is 1. The van der Waals surface area contributed by atoms with Crippen LogP contribution in [0.2, 0.25) is 0 Å². The highest BCUT2D eigenvalue weighted by Crippen LogP contribution is 2.32. The molecule has 7 heteroatoms. The lowest BCUT2D eigenvalue weighted by molar-refractivity contribution is -0.111. The van der Waals surface area contributed by atoms with Crippen molar-refractivity contribution >= 4 is 34.2 Å². The van der Waals surface area contributed by atoms with E-state index in [-0.39, 0.29) is 11.7 Å². The maximum absolute atomic E-state index is 12.4. The number of Topliss-reactive ketones (excluding diaryl/α,β-unsaturated/α-hetero) is 1. The molecule has 148 valence electrons. The minimum atomic E-state index is -0.363. The second-order valence-electron chi connectivity index (χ2n) is 6.02. The van der Waals surface area contributed by atoms with Gasteiger partial charge >= 0.3 is 0 Å². The minimum Gasteiger partial charge on any atom is -0.493 e. The van der Waals surface area contributed by atoms with Crippen molar-refractivity contribution in [2.24, 2.45) is 0 Å². The van der Waals surface area contributed by atoms with Crippen LogP contribution in [-0.2, 0) is 4.79 Å². The van der Waals surface area contributed by atoms with E-state index in [1.54, 1.807) is 26.4 Å². The molecule has 0 aliphatic heterocycles. The third-order valence-electron chi connectivity index (χ3n) is 4.07. The van der Waals surface area contributed by atoms with Crippen LogP contribution in [0.1, 0.15) is 22.2 Å². The lowest BCUT2D eigenvalue weighted by Gasteiger charge is -2.09. The highest BCUT2D eigenvalue weighted by Gasteiger charge is 2.17. The zero-order valence-electron chi connectivity index (χ0n) is 16.3. The Morgan fingerprint density at radius 1 is 1.03 bits per heavy atom. The Labute approximate surface area is 172 Å². The molecule has 3 aromatic rings. The number of carbonyl (C=O) groups is 2. The first kappa shape index (κ1) is 20.3. The Bertz CT molecular complexity index is 1060. The zero-order valence-corrected chi connectivity index (χ0v) is 17.1. The SMILES string of the molecule is COc1cccc(/C=C/C(=O)Nc2nc(-c3ccccc3)c(C(C)=O)s2)c1OC. The Kier molecular flexibility index (Phi) is 6.41. The van der Waals surface area contributed by atoms with E-state index < -0.39 is 0 Å². The number of carbonyl (C=O) groups excluding carboxylic acids is 2. The number of hydrogen-bond acceptors (Lipinski definition) is 6. The predicted molar refractivity (Wildman–Crippen MR) is 115 cm³/mol. The van der Waals surface area contributed by atoms with Crippen LogP contribution in [0, 0.1) is 0 Å². The molecule has 2 aromatic carbocycles. The fraction of sp³-hybridized carbons (Fsp3) is 0.136. The van der Waals surface area contributed by atoms with Crippen LogP contribution in [0.15, 0.2) is 54.6 Å². The summed E-state index contributed by atoms with van der Waals surface area (Å²) >= 11 is 1.15. The topological polar surface area (TPSA) is 77.5 Å². The van der Waals surface area contributed by atoms with Crippen molar-refractivity contribution in [3.05, 3.63) is 65.0 Å². The van der Waals surface area contributed by atoms with Gasteiger partial charge in [0.25, 0.3) is 0 Å². The van der Waals surface area contributed by atoms with Gasteiger partial charge in [-0.05, 0) is 12.1 Å². The van der Waals surface area contributed by atoms with Crippen molar-refractivity contribution in [3.8, 4) is 22.8 Å². The molecule has 0 saturated carbocycles. The molecule has 29 heavy (non-hydrogen) atoms. The summed E-state index contributed by atoms with van der Waals surface area (Å²) in [6.07, 6.45) is 3.02. The molecular formula is C22H20N2O4S. The monoisotopic (exact) mass is 408 g/mol. The van der Waals surface area contributed by atoms with E-state index in [4.69, 9.17) is 9.47 Å². The summed E-state index contributed by atoms with van der Waals surface area (Å²) in [5.74, 6) is 0.656. The number of ether oxygens (including phenoxy) is 2. The summed E-state index contributed by atoms with van der Waals surface area (Å²) in [6, 6.07) is 14.8. The highest BCUT2D eigenvalue weighted by atomic mass is 32.1. The first-order valence-electron chi connectivity index (χ1n) is 8.80. The molecule has 0 bridgehead atoms. The fourth-order valence-electron chi connectivity index (χ4n) is 2.76. The molecule has 0 aliphatic rings. The van der Waals surface area contributed by atoms with Gasteiger partial charge in [0.15, 0.2) is 22.4 Å². The number of thiazole rings is 1. The third kappa shape index (κ3) is 4.70. The van der Waals surface area contributed by atoms with Crippen LogP contribution in [0.25, 0.3) is 17.3 Å². The Morgan fingerprint density at radius 3 is 2.45 bits per heavy atom. The van der Waals surface area contributed by atoms with Gasteiger partial charge in [-0.25, -0.2) is 4.98 Å². The smallest absolute Gasteiger partial charge is 0.250 e. The first-order valence-corrected chi connectivity index (χ1v) is 9.62. The Morgan fingerprint density at radius 2 is 1.79 bits per heavy atom. The summed E-state index contributed by atoms with van der Waals surface area (Å²) in [5.41, 5.74) is 2.10. The molecule has 0 spiro atoms. The van der Waals surface area contributed by atoms with E-state index in [2.05, 4.69) is 10.3 Å². The van der Waals surface area contributed by atoms with E-state index in [1.807, 2.05) is 42.5 Å². The van der Waals surface area contributed by atoms with Gasteiger partial charge in [0.1, 0.15) is 0 Å². The van der Waals surface area contributed by atoms with E-state index in [9.17, 15) is 9.59 Å². The van der Waals surface area contributed by atoms with Gasteiger partial charge < -0.3 is 9.47 Å².